The maximum Gasteiger partial charge on any atom is 0.273 e. The minimum Gasteiger partial charge on any atom is -0.355 e. The summed E-state index contributed by atoms with van der Waals surface area (Å²) >= 11 is 0. The van der Waals surface area contributed by atoms with Gasteiger partial charge in [-0.05, 0) is 36.2 Å². The predicted molar refractivity (Wildman–Crippen MR) is 82.0 cm³/mol. The molecule has 0 fully saturated rings. The van der Waals surface area contributed by atoms with Crippen molar-refractivity contribution in [2.45, 2.75) is 13.5 Å². The van der Waals surface area contributed by atoms with Gasteiger partial charge in [0.2, 0.25) is 0 Å². The summed E-state index contributed by atoms with van der Waals surface area (Å²) in [7, 11) is 0. The third-order valence-corrected chi connectivity index (χ3v) is 3.36. The molecule has 5 nitrogen and oxygen atoms in total. The fraction of sp³-hybridized carbons (Fsp3) is 0.118. The average Bonchev–Trinajstić information content (AvgIpc) is 3.06. The maximum atomic E-state index is 13.2. The van der Waals surface area contributed by atoms with Crippen molar-refractivity contribution in [3.8, 4) is 11.3 Å². The van der Waals surface area contributed by atoms with Gasteiger partial charge >= 0.3 is 0 Å². The van der Waals surface area contributed by atoms with Crippen LogP contribution < -0.4 is 5.32 Å². The van der Waals surface area contributed by atoms with Gasteiger partial charge in [-0.25, -0.2) is 4.39 Å². The van der Waals surface area contributed by atoms with Crippen LogP contribution in [-0.4, -0.2) is 16.0 Å². The molecule has 0 saturated heterocycles. The molecule has 0 atom stereocenters. The molecule has 0 aliphatic heterocycles. The Kier molecular flexibility index (Phi) is 4.14. The van der Waals surface area contributed by atoms with Crippen molar-refractivity contribution in [1.82, 2.24) is 15.5 Å². The molecule has 3 aromatic rings. The van der Waals surface area contributed by atoms with Crippen molar-refractivity contribution in [1.29, 1.82) is 0 Å². The van der Waals surface area contributed by atoms with Crippen molar-refractivity contribution in [2.75, 3.05) is 0 Å². The number of hydrogen-bond acceptors (Lipinski definition) is 4. The van der Waals surface area contributed by atoms with E-state index in [1.807, 2.05) is 6.07 Å². The van der Waals surface area contributed by atoms with E-state index in [9.17, 15) is 9.18 Å². The molecule has 0 unspecified atom stereocenters. The second kappa shape index (κ2) is 6.39. The van der Waals surface area contributed by atoms with Crippen molar-refractivity contribution < 1.29 is 13.7 Å². The van der Waals surface area contributed by atoms with Crippen LogP contribution in [0.4, 0.5) is 4.39 Å². The van der Waals surface area contributed by atoms with Gasteiger partial charge in [0.1, 0.15) is 5.82 Å². The van der Waals surface area contributed by atoms with Crippen LogP contribution in [0.2, 0.25) is 0 Å². The highest BCUT2D eigenvalue weighted by Crippen LogP contribution is 2.18. The number of amides is 1. The minimum absolute atomic E-state index is 0.183. The van der Waals surface area contributed by atoms with E-state index in [1.54, 1.807) is 43.6 Å². The zero-order chi connectivity index (χ0) is 16.2. The van der Waals surface area contributed by atoms with Crippen LogP contribution in [0.1, 0.15) is 21.6 Å². The van der Waals surface area contributed by atoms with Gasteiger partial charge in [-0.1, -0.05) is 17.3 Å². The molecular weight excluding hydrogens is 297 g/mol. The van der Waals surface area contributed by atoms with Crippen LogP contribution in [0.3, 0.4) is 0 Å². The van der Waals surface area contributed by atoms with E-state index in [-0.39, 0.29) is 24.0 Å². The first kappa shape index (κ1) is 14.9. The summed E-state index contributed by atoms with van der Waals surface area (Å²) in [5.74, 6) is -0.149. The van der Waals surface area contributed by atoms with Crippen LogP contribution in [0.25, 0.3) is 11.3 Å². The lowest BCUT2D eigenvalue weighted by molar-refractivity contribution is 0.0942. The zero-order valence-corrected chi connectivity index (χ0v) is 12.4. The van der Waals surface area contributed by atoms with Crippen molar-refractivity contribution in [3.05, 3.63) is 71.4 Å². The summed E-state index contributed by atoms with van der Waals surface area (Å²) in [6.45, 7) is 1.97. The van der Waals surface area contributed by atoms with E-state index >= 15 is 0 Å². The fourth-order valence-electron chi connectivity index (χ4n) is 2.12. The number of benzene rings is 1. The van der Waals surface area contributed by atoms with Gasteiger partial charge in [0.25, 0.3) is 5.91 Å². The molecule has 0 spiro atoms. The summed E-state index contributed by atoms with van der Waals surface area (Å²) in [4.78, 5) is 16.1. The molecule has 6 heteroatoms. The van der Waals surface area contributed by atoms with Crippen molar-refractivity contribution in [3.63, 3.8) is 0 Å². The molecule has 2 heterocycles. The zero-order valence-electron chi connectivity index (χ0n) is 12.4. The second-order valence-corrected chi connectivity index (χ2v) is 5.08. The number of carbonyl (C=O) groups excluding carboxylic acids is 1. The molecule has 2 aromatic heterocycles. The molecule has 1 aromatic carbocycles. The highest BCUT2D eigenvalue weighted by atomic mass is 19.1. The van der Waals surface area contributed by atoms with E-state index in [2.05, 4.69) is 15.5 Å². The molecule has 1 N–H and O–H groups in total. The molecular formula is C17H14FN3O2. The number of aryl methyl sites for hydroxylation is 1. The van der Waals surface area contributed by atoms with Crippen LogP contribution in [-0.2, 0) is 6.54 Å². The van der Waals surface area contributed by atoms with E-state index < -0.39 is 0 Å². The Hall–Kier alpha value is -3.02. The van der Waals surface area contributed by atoms with Crippen LogP contribution in [0, 0.1) is 12.7 Å². The van der Waals surface area contributed by atoms with Gasteiger partial charge in [0.05, 0.1) is 0 Å². The summed E-state index contributed by atoms with van der Waals surface area (Å²) in [5.41, 5.74) is 2.28. The first-order chi connectivity index (χ1) is 11.1. The number of carbonyl (C=O) groups is 1. The highest BCUT2D eigenvalue weighted by Gasteiger charge is 2.13. The molecule has 1 amide bonds. The summed E-state index contributed by atoms with van der Waals surface area (Å²) in [5, 5.41) is 6.49. The molecule has 0 aliphatic rings. The Morgan fingerprint density at radius 1 is 1.30 bits per heavy atom. The monoisotopic (exact) mass is 311 g/mol. The third kappa shape index (κ3) is 3.42. The molecule has 0 bridgehead atoms. The lowest BCUT2D eigenvalue weighted by Gasteiger charge is -2.04. The Labute approximate surface area is 132 Å². The van der Waals surface area contributed by atoms with Gasteiger partial charge in [-0.3, -0.25) is 9.78 Å². The first-order valence-corrected chi connectivity index (χ1v) is 7.04. The number of aromatic nitrogens is 2. The molecule has 0 radical (unpaired) electrons. The number of halogens is 1. The van der Waals surface area contributed by atoms with Gasteiger partial charge in [-0.15, -0.1) is 0 Å². The Balaban J connectivity index is 1.67. The number of pyridine rings is 1. The Morgan fingerprint density at radius 3 is 2.91 bits per heavy atom. The Bertz CT molecular complexity index is 831. The Morgan fingerprint density at radius 2 is 2.17 bits per heavy atom. The van der Waals surface area contributed by atoms with Gasteiger partial charge in [0.15, 0.2) is 11.5 Å². The van der Waals surface area contributed by atoms with E-state index in [1.165, 1.54) is 6.07 Å². The lowest BCUT2D eigenvalue weighted by atomic mass is 10.1. The molecule has 23 heavy (non-hydrogen) atoms. The first-order valence-electron chi connectivity index (χ1n) is 7.04. The lowest BCUT2D eigenvalue weighted by Crippen LogP contribution is -2.23. The smallest absolute Gasteiger partial charge is 0.273 e. The third-order valence-electron chi connectivity index (χ3n) is 3.36. The van der Waals surface area contributed by atoms with Crippen molar-refractivity contribution >= 4 is 5.91 Å². The molecule has 116 valence electrons. The summed E-state index contributed by atoms with van der Waals surface area (Å²) < 4.78 is 18.4. The highest BCUT2D eigenvalue weighted by molar-refractivity contribution is 5.93. The fourth-order valence-corrected chi connectivity index (χ4v) is 2.12. The largest absolute Gasteiger partial charge is 0.355 e. The van der Waals surface area contributed by atoms with Crippen LogP contribution in [0.5, 0.6) is 0 Å². The predicted octanol–water partition coefficient (Wildman–Crippen LogP) is 3.11. The summed E-state index contributed by atoms with van der Waals surface area (Å²) in [6.07, 6.45) is 3.28. The molecule has 0 saturated carbocycles. The van der Waals surface area contributed by atoms with Gasteiger partial charge in [-0.2, -0.15) is 0 Å². The van der Waals surface area contributed by atoms with Crippen LogP contribution >= 0.6 is 0 Å². The standard InChI is InChI=1S/C17H14FN3O2/c1-11-7-12(4-5-14(11)18)9-20-17(22)15-8-16(23-21-15)13-3-2-6-19-10-13/h2-8,10H,9H2,1H3,(H,20,22). The number of rotatable bonds is 4. The quantitative estimate of drug-likeness (QED) is 0.804. The van der Waals surface area contributed by atoms with Gasteiger partial charge in [0, 0.05) is 30.6 Å². The maximum absolute atomic E-state index is 13.2. The van der Waals surface area contributed by atoms with E-state index in [4.69, 9.17) is 4.52 Å². The van der Waals surface area contributed by atoms with Crippen LogP contribution in [0.15, 0.2) is 53.3 Å². The summed E-state index contributed by atoms with van der Waals surface area (Å²) in [6, 6.07) is 9.85. The minimum atomic E-state index is -0.356. The topological polar surface area (TPSA) is 68.0 Å². The van der Waals surface area contributed by atoms with Gasteiger partial charge < -0.3 is 9.84 Å². The average molecular weight is 311 g/mol. The number of hydrogen-bond donors (Lipinski definition) is 1. The number of nitrogens with one attached hydrogen (secondary N) is 1. The SMILES string of the molecule is Cc1cc(CNC(=O)c2cc(-c3cccnc3)on2)ccc1F. The molecule has 3 rings (SSSR count). The van der Waals surface area contributed by atoms with E-state index in [0.717, 1.165) is 11.1 Å². The normalized spacial score (nSPS) is 10.5. The van der Waals surface area contributed by atoms with E-state index in [0.29, 0.717) is 11.3 Å². The number of nitrogens with zero attached hydrogens (tertiary/aromatic N) is 2. The second-order valence-electron chi connectivity index (χ2n) is 5.08. The van der Waals surface area contributed by atoms with Crippen molar-refractivity contribution in [2.24, 2.45) is 0 Å². The molecule has 0 aliphatic carbocycles.